The molecule has 0 aliphatic carbocycles. The van der Waals surface area contributed by atoms with Crippen LogP contribution in [0.15, 0.2) is 473 Å². The van der Waals surface area contributed by atoms with Crippen LogP contribution in [0.1, 0.15) is 0 Å². The number of benzene rings is 18. The van der Waals surface area contributed by atoms with Crippen molar-refractivity contribution in [1.82, 2.24) is 58.1 Å². The van der Waals surface area contributed by atoms with Gasteiger partial charge in [0.05, 0.1) is 47.2 Å². The fourth-order valence-corrected chi connectivity index (χ4v) is 22.6. The van der Waals surface area contributed by atoms with Crippen molar-refractivity contribution >= 4 is 112 Å². The van der Waals surface area contributed by atoms with Gasteiger partial charge in [-0.05, 0) is 93.0 Å². The molecule has 15 heteroatoms. The third kappa shape index (κ3) is 15.3. The molecule has 9 aromatic heterocycles. The molecule has 18 aromatic carbocycles. The Kier molecular flexibility index (Phi) is 21.2. The molecule has 9 heterocycles. The van der Waals surface area contributed by atoms with Crippen LogP contribution in [0, 0.1) is 0 Å². The quantitative estimate of drug-likeness (QED) is 0.0985. The van der Waals surface area contributed by atoms with Crippen LogP contribution in [0.2, 0.25) is 0 Å². The molecular formula is C123H78N12S3. The fraction of sp³-hybridized carbons (Fsp3) is 0. The van der Waals surface area contributed by atoms with Crippen LogP contribution in [-0.2, 0) is 0 Å². The second-order valence-corrected chi connectivity index (χ2v) is 36.9. The monoisotopic (exact) mass is 1820 g/mol. The summed E-state index contributed by atoms with van der Waals surface area (Å²) in [7, 11) is 0. The van der Waals surface area contributed by atoms with Gasteiger partial charge in [0.15, 0.2) is 52.4 Å². The van der Waals surface area contributed by atoms with Gasteiger partial charge in [-0.2, -0.15) is 0 Å². The fourth-order valence-electron chi connectivity index (χ4n) is 18.9. The second-order valence-electron chi connectivity index (χ2n) is 33.8. The maximum atomic E-state index is 4.95. The molecule has 0 saturated heterocycles. The lowest BCUT2D eigenvalue weighted by Gasteiger charge is -2.10. The van der Waals surface area contributed by atoms with E-state index in [2.05, 4.69) is 304 Å². The molecule has 0 atom stereocenters. The van der Waals surface area contributed by atoms with E-state index in [1.54, 1.807) is 0 Å². The van der Waals surface area contributed by atoms with Gasteiger partial charge in [-0.25, -0.2) is 44.9 Å². The van der Waals surface area contributed by atoms with Crippen LogP contribution >= 0.6 is 34.0 Å². The summed E-state index contributed by atoms with van der Waals surface area (Å²) in [6.45, 7) is 0. The Hall–Kier alpha value is -17.7. The van der Waals surface area contributed by atoms with Gasteiger partial charge in [-0.15, -0.1) is 34.0 Å². The first-order valence-electron chi connectivity index (χ1n) is 45.9. The second kappa shape index (κ2) is 35.7. The number of nitrogens with zero attached hydrogens (tertiary/aromatic N) is 12. The zero-order chi connectivity index (χ0) is 91.4. The lowest BCUT2D eigenvalue weighted by molar-refractivity contribution is 1.07. The molecule has 0 aliphatic rings. The molecule has 0 radical (unpaired) electrons. The number of hydrogen-bond acceptors (Lipinski definition) is 12. The van der Waals surface area contributed by atoms with E-state index in [1.807, 2.05) is 216 Å². The summed E-state index contributed by atoms with van der Waals surface area (Å²) >= 11 is 5.53. The minimum Gasteiger partial charge on any atom is -0.299 e. The van der Waals surface area contributed by atoms with Crippen molar-refractivity contribution in [3.05, 3.63) is 473 Å². The zero-order valence-corrected chi connectivity index (χ0v) is 76.6. The first-order valence-corrected chi connectivity index (χ1v) is 48.3. The molecule has 648 valence electrons. The van der Waals surface area contributed by atoms with Gasteiger partial charge in [0.2, 0.25) is 0 Å². The van der Waals surface area contributed by atoms with Crippen LogP contribution in [0.3, 0.4) is 0 Å². The molecule has 27 aromatic rings. The highest BCUT2D eigenvalue weighted by Gasteiger charge is 2.27. The molecule has 0 saturated carbocycles. The lowest BCUT2D eigenvalue weighted by atomic mass is 9.96. The van der Waals surface area contributed by atoms with E-state index in [4.69, 9.17) is 44.9 Å². The van der Waals surface area contributed by atoms with E-state index >= 15 is 0 Å². The minimum atomic E-state index is 0.651. The third-order valence-electron chi connectivity index (χ3n) is 25.4. The molecule has 27 rings (SSSR count). The molecule has 0 fully saturated rings. The van der Waals surface area contributed by atoms with Crippen molar-refractivity contribution in [2.75, 3.05) is 0 Å². The minimum absolute atomic E-state index is 0.651. The number of hydrogen-bond donors (Lipinski definition) is 0. The van der Waals surface area contributed by atoms with Crippen molar-refractivity contribution in [3.8, 4) is 169 Å². The van der Waals surface area contributed by atoms with Gasteiger partial charge >= 0.3 is 0 Å². The molecule has 138 heavy (non-hydrogen) atoms. The molecule has 0 N–H and O–H groups in total. The van der Waals surface area contributed by atoms with Gasteiger partial charge in [0, 0.05) is 88.5 Å². The van der Waals surface area contributed by atoms with E-state index in [-0.39, 0.29) is 0 Å². The maximum Gasteiger partial charge on any atom is 0.164 e. The number of para-hydroxylation sites is 4. The van der Waals surface area contributed by atoms with Crippen LogP contribution in [0.5, 0.6) is 0 Å². The normalized spacial score (nSPS) is 11.5. The lowest BCUT2D eigenvalue weighted by Crippen LogP contribution is -2.00. The highest BCUT2D eigenvalue weighted by Crippen LogP contribution is 2.50. The van der Waals surface area contributed by atoms with E-state index in [9.17, 15) is 0 Å². The number of thiazole rings is 3. The summed E-state index contributed by atoms with van der Waals surface area (Å²) in [5, 5.41) is 3.74. The van der Waals surface area contributed by atoms with Crippen molar-refractivity contribution in [3.63, 3.8) is 0 Å². The largest absolute Gasteiger partial charge is 0.299 e. The number of fused-ring (bicyclic) bond motifs is 15. The van der Waals surface area contributed by atoms with Crippen molar-refractivity contribution in [2.45, 2.75) is 0 Å². The van der Waals surface area contributed by atoms with Crippen molar-refractivity contribution < 1.29 is 0 Å². The van der Waals surface area contributed by atoms with E-state index in [0.717, 1.165) is 66.8 Å². The Morgan fingerprint density at radius 3 is 0.768 bits per heavy atom. The zero-order valence-electron chi connectivity index (χ0n) is 74.1. The molecule has 0 spiro atoms. The van der Waals surface area contributed by atoms with Gasteiger partial charge < -0.3 is 0 Å². The highest BCUT2D eigenvalue weighted by atomic mass is 32.1. The van der Waals surface area contributed by atoms with Crippen LogP contribution in [-0.4, -0.2) is 58.1 Å². The molecule has 0 bridgehead atoms. The Balaban J connectivity index is 0.000000110. The first-order chi connectivity index (χ1) is 68.4. The Morgan fingerprint density at radius 1 is 0.152 bits per heavy atom. The summed E-state index contributed by atoms with van der Waals surface area (Å²) in [5.41, 5.74) is 30.5. The van der Waals surface area contributed by atoms with Gasteiger partial charge in [0.1, 0.15) is 14.5 Å². The number of rotatable bonds is 15. The molecule has 12 nitrogen and oxygen atoms in total. The Bertz CT molecular complexity index is 8980. The first kappa shape index (κ1) is 82.2. The summed E-state index contributed by atoms with van der Waals surface area (Å²) in [6.07, 6.45) is 0. The highest BCUT2D eigenvalue weighted by molar-refractivity contribution is 7.25. The van der Waals surface area contributed by atoms with Crippen LogP contribution in [0.25, 0.3) is 247 Å². The molecule has 0 unspecified atom stereocenters. The summed E-state index contributed by atoms with van der Waals surface area (Å²) < 4.78 is 11.1. The van der Waals surface area contributed by atoms with E-state index in [1.165, 1.54) is 128 Å². The smallest absolute Gasteiger partial charge is 0.164 e. The standard InChI is InChI=1S/3C41H26N4S/c1-4-13-27(14-5-1)32-19-12-20-33-36(41-45(37(32)33)34-21-10-11-22-35(34)46-41)28-23-25-31(26-24-28)40-43-38(29-15-6-2-7-16-29)42-39(44-40)30-17-8-3-9-18-30;1-4-13-27(14-5-1)32-19-12-21-34-37(32)36(41-45(34)33-20-10-11-22-35(33)46-41)28-23-25-31(26-24-28)40-43-38(29-15-6-2-7-16-29)42-39(44-40)30-17-8-3-9-18-30;1-4-12-27(13-5-1)32-24-25-33-35(26-32)45-34-18-10-11-19-36(34)46-41(45)37(33)28-20-22-31(23-21-28)40-43-38(29-14-6-2-7-15-29)42-39(44-40)30-16-8-3-9-17-30/h3*1-26H. The number of aromatic nitrogens is 12. The van der Waals surface area contributed by atoms with Crippen molar-refractivity contribution in [2.24, 2.45) is 0 Å². The maximum absolute atomic E-state index is 4.95. The average molecular weight is 1820 g/mol. The SMILES string of the molecule is c1ccc(-c2ccc3c(-c4ccc(-c5nc(-c6ccccc6)nc(-c6ccccc6)n5)cc4)c4sc5ccccc5n4c3c2)cc1.c1ccc(-c2nc(-c3ccccc3)nc(-c3ccc(-c4c5c(-c6ccccc6)cccc5n5c4sc4ccccc45)cc3)n2)cc1.c1ccc(-c2nc(-c3ccccc3)nc(-c3ccc(-c4c5cccc(-c6ccccc6)c5n5c4sc4ccccc45)cc3)n2)cc1. The molecule has 0 aliphatic heterocycles. The Labute approximate surface area is 806 Å². The average Bonchev–Trinajstić information content (AvgIpc) is 1.58. The molecule has 0 amide bonds. The predicted molar refractivity (Wildman–Crippen MR) is 573 cm³/mol. The summed E-state index contributed by atoms with van der Waals surface area (Å²) in [4.78, 5) is 47.9. The van der Waals surface area contributed by atoms with Crippen LogP contribution < -0.4 is 0 Å². The molecular weight excluding hydrogens is 1740 g/mol. The van der Waals surface area contributed by atoms with Gasteiger partial charge in [-0.3, -0.25) is 13.2 Å². The predicted octanol–water partition coefficient (Wildman–Crippen LogP) is 32.5. The Morgan fingerprint density at radius 2 is 0.399 bits per heavy atom. The van der Waals surface area contributed by atoms with Crippen LogP contribution in [0.4, 0.5) is 0 Å². The van der Waals surface area contributed by atoms with E-state index in [0.29, 0.717) is 52.4 Å². The van der Waals surface area contributed by atoms with Gasteiger partial charge in [-0.1, -0.05) is 425 Å². The van der Waals surface area contributed by atoms with Crippen molar-refractivity contribution in [1.29, 1.82) is 0 Å². The summed E-state index contributed by atoms with van der Waals surface area (Å²) in [6, 6.07) is 165. The van der Waals surface area contributed by atoms with Gasteiger partial charge in [0.25, 0.3) is 0 Å². The van der Waals surface area contributed by atoms with E-state index < -0.39 is 0 Å². The summed E-state index contributed by atoms with van der Waals surface area (Å²) in [5.74, 6) is 5.91. The topological polar surface area (TPSA) is 129 Å². The third-order valence-corrected chi connectivity index (χ3v) is 28.9.